The highest BCUT2D eigenvalue weighted by Crippen LogP contribution is 2.18. The molecule has 4 rings (SSSR count). The number of hydrogen-bond acceptors (Lipinski definition) is 4. The van der Waals surface area contributed by atoms with Crippen molar-refractivity contribution in [2.45, 2.75) is 6.54 Å². The predicted molar refractivity (Wildman–Crippen MR) is 117 cm³/mol. The van der Waals surface area contributed by atoms with Crippen LogP contribution in [0.5, 0.6) is 0 Å². The van der Waals surface area contributed by atoms with Gasteiger partial charge in [-0.1, -0.05) is 12.1 Å². The van der Waals surface area contributed by atoms with Crippen molar-refractivity contribution in [2.75, 3.05) is 38.3 Å². The van der Waals surface area contributed by atoms with Crippen molar-refractivity contribution in [1.82, 2.24) is 14.7 Å². The van der Waals surface area contributed by atoms with Crippen LogP contribution in [0.25, 0.3) is 5.69 Å². The van der Waals surface area contributed by atoms with Crippen molar-refractivity contribution in [2.24, 2.45) is 0 Å². The molecule has 6 nitrogen and oxygen atoms in total. The van der Waals surface area contributed by atoms with Gasteiger partial charge in [0.2, 0.25) is 0 Å². The first-order valence-corrected chi connectivity index (χ1v) is 10.4. The van der Waals surface area contributed by atoms with Gasteiger partial charge in [-0.25, -0.2) is 4.68 Å². The highest BCUT2D eigenvalue weighted by molar-refractivity contribution is 9.10. The minimum atomic E-state index is -0.00421. The van der Waals surface area contributed by atoms with Gasteiger partial charge in [0.1, 0.15) is 0 Å². The summed E-state index contributed by atoms with van der Waals surface area (Å²) in [6.07, 6.45) is 3.61. The smallest absolute Gasteiger partial charge is 0.253 e. The van der Waals surface area contributed by atoms with Crippen LogP contribution in [0.2, 0.25) is 0 Å². The number of morpholine rings is 1. The first-order valence-electron chi connectivity index (χ1n) is 9.58. The largest absolute Gasteiger partial charge is 0.378 e. The van der Waals surface area contributed by atoms with Crippen LogP contribution in [0, 0.1) is 0 Å². The Bertz CT molecular complexity index is 963. The van der Waals surface area contributed by atoms with Crippen molar-refractivity contribution >= 4 is 27.5 Å². The molecule has 0 atom stereocenters. The van der Waals surface area contributed by atoms with Gasteiger partial charge in [-0.05, 0) is 57.9 Å². The number of rotatable bonds is 5. The lowest BCUT2D eigenvalue weighted by Crippen LogP contribution is -2.36. The Balaban J connectivity index is 1.38. The van der Waals surface area contributed by atoms with Gasteiger partial charge in [-0.3, -0.25) is 4.79 Å². The van der Waals surface area contributed by atoms with Gasteiger partial charge < -0.3 is 14.5 Å². The molecule has 1 fully saturated rings. The minimum Gasteiger partial charge on any atom is -0.378 e. The van der Waals surface area contributed by atoms with Gasteiger partial charge in [-0.2, -0.15) is 5.10 Å². The topological polar surface area (TPSA) is 50.6 Å². The lowest BCUT2D eigenvalue weighted by atomic mass is 10.1. The van der Waals surface area contributed by atoms with Gasteiger partial charge in [-0.15, -0.1) is 0 Å². The third-order valence-corrected chi connectivity index (χ3v) is 5.42. The SMILES string of the molecule is CN(Cc1ccc(N2CCOCC2)cc1)C(=O)c1ccc(-n2cc(Br)cn2)cc1. The second-order valence-corrected chi connectivity index (χ2v) is 7.99. The molecule has 2 heterocycles. The highest BCUT2D eigenvalue weighted by Gasteiger charge is 2.14. The Kier molecular flexibility index (Phi) is 5.97. The summed E-state index contributed by atoms with van der Waals surface area (Å²) in [6, 6.07) is 15.9. The lowest BCUT2D eigenvalue weighted by Gasteiger charge is -2.29. The zero-order valence-electron chi connectivity index (χ0n) is 16.3. The van der Waals surface area contributed by atoms with E-state index in [9.17, 15) is 4.79 Å². The molecule has 1 saturated heterocycles. The first-order chi connectivity index (χ1) is 14.1. The number of hydrogen-bond donors (Lipinski definition) is 0. The zero-order chi connectivity index (χ0) is 20.2. The predicted octanol–water partition coefficient (Wildman–Crippen LogP) is 3.74. The van der Waals surface area contributed by atoms with Gasteiger partial charge in [0.25, 0.3) is 5.91 Å². The summed E-state index contributed by atoms with van der Waals surface area (Å²) in [4.78, 5) is 16.8. The van der Waals surface area contributed by atoms with E-state index in [1.54, 1.807) is 15.8 Å². The number of nitrogens with zero attached hydrogens (tertiary/aromatic N) is 4. The molecule has 1 aliphatic rings. The van der Waals surface area contributed by atoms with Crippen LogP contribution in [0.1, 0.15) is 15.9 Å². The van der Waals surface area contributed by atoms with E-state index in [1.807, 2.05) is 37.5 Å². The number of aromatic nitrogens is 2. The quantitative estimate of drug-likeness (QED) is 0.588. The van der Waals surface area contributed by atoms with Crippen molar-refractivity contribution in [3.8, 4) is 5.69 Å². The number of anilines is 1. The van der Waals surface area contributed by atoms with Crippen LogP contribution in [0.15, 0.2) is 65.4 Å². The molecule has 29 heavy (non-hydrogen) atoms. The fourth-order valence-electron chi connectivity index (χ4n) is 3.40. The Morgan fingerprint density at radius 1 is 1.07 bits per heavy atom. The molecule has 0 aliphatic carbocycles. The summed E-state index contributed by atoms with van der Waals surface area (Å²) in [5.41, 5.74) is 3.88. The summed E-state index contributed by atoms with van der Waals surface area (Å²) >= 11 is 3.39. The van der Waals surface area contributed by atoms with E-state index in [0.29, 0.717) is 12.1 Å². The summed E-state index contributed by atoms with van der Waals surface area (Å²) in [5.74, 6) is -0.00421. The molecule has 7 heteroatoms. The molecule has 0 radical (unpaired) electrons. The van der Waals surface area contributed by atoms with Crippen LogP contribution in [-0.2, 0) is 11.3 Å². The minimum absolute atomic E-state index is 0.00421. The highest BCUT2D eigenvalue weighted by atomic mass is 79.9. The molecule has 0 N–H and O–H groups in total. The van der Waals surface area contributed by atoms with Crippen LogP contribution < -0.4 is 4.90 Å². The molecule has 2 aromatic carbocycles. The zero-order valence-corrected chi connectivity index (χ0v) is 17.9. The lowest BCUT2D eigenvalue weighted by molar-refractivity contribution is 0.0785. The average Bonchev–Trinajstić information content (AvgIpc) is 3.21. The van der Waals surface area contributed by atoms with Crippen molar-refractivity contribution in [3.63, 3.8) is 0 Å². The van der Waals surface area contributed by atoms with Crippen LogP contribution in [0.3, 0.4) is 0 Å². The molecular weight excluding hydrogens is 432 g/mol. The summed E-state index contributed by atoms with van der Waals surface area (Å²) < 4.78 is 8.08. The maximum Gasteiger partial charge on any atom is 0.253 e. The fraction of sp³-hybridized carbons (Fsp3) is 0.273. The average molecular weight is 455 g/mol. The van der Waals surface area contributed by atoms with Gasteiger partial charge in [0, 0.05) is 44.1 Å². The normalized spacial score (nSPS) is 14.1. The number of benzene rings is 2. The van der Waals surface area contributed by atoms with E-state index >= 15 is 0 Å². The summed E-state index contributed by atoms with van der Waals surface area (Å²) in [6.45, 7) is 3.95. The van der Waals surface area contributed by atoms with E-state index in [1.165, 1.54) is 5.69 Å². The molecule has 0 unspecified atom stereocenters. The van der Waals surface area contributed by atoms with Gasteiger partial charge in [0.05, 0.1) is 29.6 Å². The molecule has 0 saturated carbocycles. The Hall–Kier alpha value is -2.64. The number of carbonyl (C=O) groups excluding carboxylic acids is 1. The van der Waals surface area contributed by atoms with Crippen LogP contribution in [-0.4, -0.2) is 53.9 Å². The summed E-state index contributed by atoms with van der Waals surface area (Å²) in [7, 11) is 1.83. The van der Waals surface area contributed by atoms with E-state index in [0.717, 1.165) is 42.0 Å². The molecule has 0 spiro atoms. The van der Waals surface area contributed by atoms with Gasteiger partial charge in [0.15, 0.2) is 0 Å². The van der Waals surface area contributed by atoms with Crippen molar-refractivity contribution < 1.29 is 9.53 Å². The van der Waals surface area contributed by atoms with E-state index in [2.05, 4.69) is 50.2 Å². The molecule has 1 amide bonds. The Labute approximate surface area is 178 Å². The molecule has 150 valence electrons. The second-order valence-electron chi connectivity index (χ2n) is 7.08. The standard InChI is InChI=1S/C22H23BrN4O2/c1-25(15-17-2-6-20(7-3-17)26-10-12-29-13-11-26)22(28)18-4-8-21(9-5-18)27-16-19(23)14-24-27/h2-9,14,16H,10-13,15H2,1H3. The maximum absolute atomic E-state index is 12.8. The van der Waals surface area contributed by atoms with E-state index < -0.39 is 0 Å². The Morgan fingerprint density at radius 2 is 1.72 bits per heavy atom. The monoisotopic (exact) mass is 454 g/mol. The number of halogens is 1. The van der Waals surface area contributed by atoms with E-state index in [-0.39, 0.29) is 5.91 Å². The molecule has 3 aromatic rings. The van der Waals surface area contributed by atoms with Crippen molar-refractivity contribution in [3.05, 3.63) is 76.5 Å². The number of amides is 1. The third-order valence-electron chi connectivity index (χ3n) is 5.01. The fourth-order valence-corrected chi connectivity index (χ4v) is 3.68. The second kappa shape index (κ2) is 8.80. The molecule has 0 bridgehead atoms. The Morgan fingerprint density at radius 3 is 2.34 bits per heavy atom. The maximum atomic E-state index is 12.8. The molecular formula is C22H23BrN4O2. The summed E-state index contributed by atoms with van der Waals surface area (Å²) in [5, 5.41) is 4.26. The van der Waals surface area contributed by atoms with Gasteiger partial charge >= 0.3 is 0 Å². The number of carbonyl (C=O) groups is 1. The van der Waals surface area contributed by atoms with E-state index in [4.69, 9.17) is 4.74 Å². The first kappa shape index (κ1) is 19.7. The number of ether oxygens (including phenoxy) is 1. The van der Waals surface area contributed by atoms with Crippen molar-refractivity contribution in [1.29, 1.82) is 0 Å². The third kappa shape index (κ3) is 4.68. The molecule has 1 aliphatic heterocycles. The van der Waals surface area contributed by atoms with Crippen LogP contribution in [0.4, 0.5) is 5.69 Å². The molecule has 1 aromatic heterocycles. The van der Waals surface area contributed by atoms with Crippen LogP contribution >= 0.6 is 15.9 Å².